The number of benzene rings is 1. The number of nitriles is 1. The van der Waals surface area contributed by atoms with Gasteiger partial charge in [-0.1, -0.05) is 11.6 Å². The van der Waals surface area contributed by atoms with E-state index in [0.717, 1.165) is 5.56 Å². The van der Waals surface area contributed by atoms with Gasteiger partial charge in [-0.05, 0) is 37.6 Å². The molecule has 0 heterocycles. The molecule has 0 bridgehead atoms. The van der Waals surface area contributed by atoms with Gasteiger partial charge in [-0.25, -0.2) is 4.39 Å². The van der Waals surface area contributed by atoms with Crippen molar-refractivity contribution in [3.63, 3.8) is 0 Å². The van der Waals surface area contributed by atoms with E-state index in [1.165, 1.54) is 12.1 Å². The molecule has 0 aliphatic rings. The minimum Gasteiger partial charge on any atom is -0.311 e. The van der Waals surface area contributed by atoms with Crippen molar-refractivity contribution in [2.24, 2.45) is 5.41 Å². The molecular formula is C12H14ClFN2. The van der Waals surface area contributed by atoms with Crippen LogP contribution in [-0.2, 0) is 6.54 Å². The largest absolute Gasteiger partial charge is 0.311 e. The van der Waals surface area contributed by atoms with Crippen LogP contribution in [0, 0.1) is 22.6 Å². The van der Waals surface area contributed by atoms with Crippen LogP contribution in [0.25, 0.3) is 0 Å². The van der Waals surface area contributed by atoms with Crippen LogP contribution in [0.5, 0.6) is 0 Å². The van der Waals surface area contributed by atoms with Gasteiger partial charge in [0.25, 0.3) is 0 Å². The summed E-state index contributed by atoms with van der Waals surface area (Å²) in [6.07, 6.45) is 0. The lowest BCUT2D eigenvalue weighted by molar-refractivity contribution is 0.444. The van der Waals surface area contributed by atoms with Gasteiger partial charge in [-0.15, -0.1) is 0 Å². The zero-order valence-corrected chi connectivity index (χ0v) is 10.1. The van der Waals surface area contributed by atoms with Crippen LogP contribution in [0.3, 0.4) is 0 Å². The van der Waals surface area contributed by atoms with Crippen molar-refractivity contribution in [2.75, 3.05) is 6.54 Å². The van der Waals surface area contributed by atoms with E-state index in [9.17, 15) is 4.39 Å². The molecule has 0 atom stereocenters. The maximum Gasteiger partial charge on any atom is 0.125 e. The van der Waals surface area contributed by atoms with Crippen LogP contribution in [0.2, 0.25) is 5.02 Å². The Hall–Kier alpha value is -1.11. The fourth-order valence-electron chi connectivity index (χ4n) is 1.27. The maximum atomic E-state index is 13.0. The van der Waals surface area contributed by atoms with E-state index >= 15 is 0 Å². The highest BCUT2D eigenvalue weighted by Gasteiger charge is 2.15. The maximum absolute atomic E-state index is 13.0. The Balaban J connectivity index is 2.53. The Morgan fingerprint density at radius 3 is 2.69 bits per heavy atom. The summed E-state index contributed by atoms with van der Waals surface area (Å²) in [6.45, 7) is 4.75. The first-order valence-corrected chi connectivity index (χ1v) is 5.38. The highest BCUT2D eigenvalue weighted by molar-refractivity contribution is 6.30. The molecule has 0 spiro atoms. The molecule has 0 amide bonds. The van der Waals surface area contributed by atoms with E-state index in [0.29, 0.717) is 18.1 Å². The van der Waals surface area contributed by atoms with Crippen molar-refractivity contribution in [1.82, 2.24) is 5.32 Å². The molecular weight excluding hydrogens is 227 g/mol. The van der Waals surface area contributed by atoms with E-state index in [-0.39, 0.29) is 5.82 Å². The molecule has 0 saturated heterocycles. The second-order valence-electron chi connectivity index (χ2n) is 4.38. The Labute approximate surface area is 100 Å². The predicted octanol–water partition coefficient (Wildman–Crippen LogP) is 3.12. The minimum atomic E-state index is -0.420. The number of halogens is 2. The average molecular weight is 241 g/mol. The first-order chi connectivity index (χ1) is 7.43. The molecule has 1 aromatic carbocycles. The molecule has 0 aliphatic carbocycles. The van der Waals surface area contributed by atoms with Gasteiger partial charge in [-0.2, -0.15) is 5.26 Å². The number of nitrogens with one attached hydrogen (secondary N) is 1. The first kappa shape index (κ1) is 13.0. The third-order valence-electron chi connectivity index (χ3n) is 2.12. The molecule has 0 saturated carbocycles. The Kier molecular flexibility index (Phi) is 4.28. The van der Waals surface area contributed by atoms with E-state index in [1.807, 2.05) is 13.8 Å². The van der Waals surface area contributed by atoms with Gasteiger partial charge >= 0.3 is 0 Å². The zero-order chi connectivity index (χ0) is 12.2. The lowest BCUT2D eigenvalue weighted by Crippen LogP contribution is -2.27. The van der Waals surface area contributed by atoms with Crippen LogP contribution < -0.4 is 5.32 Å². The Morgan fingerprint density at radius 2 is 2.12 bits per heavy atom. The monoisotopic (exact) mass is 240 g/mol. The van der Waals surface area contributed by atoms with Crippen LogP contribution in [0.4, 0.5) is 4.39 Å². The topological polar surface area (TPSA) is 35.8 Å². The van der Waals surface area contributed by atoms with Gasteiger partial charge in [0, 0.05) is 18.1 Å². The number of hydrogen-bond acceptors (Lipinski definition) is 2. The Morgan fingerprint density at radius 1 is 1.44 bits per heavy atom. The normalized spacial score (nSPS) is 11.2. The summed E-state index contributed by atoms with van der Waals surface area (Å²) in [5, 5.41) is 12.3. The molecule has 0 aliphatic heterocycles. The standard InChI is InChI=1S/C12H14ClFN2/c1-12(2,7-15)8-16-6-9-3-10(13)5-11(14)4-9/h3-5,16H,6,8H2,1-2H3. The molecule has 0 radical (unpaired) electrons. The molecule has 0 fully saturated rings. The number of nitrogens with zero attached hydrogens (tertiary/aromatic N) is 1. The SMILES string of the molecule is CC(C)(C#N)CNCc1cc(F)cc(Cl)c1. The molecule has 2 nitrogen and oxygen atoms in total. The Bertz CT molecular complexity index is 390. The van der Waals surface area contributed by atoms with E-state index in [1.54, 1.807) is 6.07 Å². The van der Waals surface area contributed by atoms with Crippen molar-refractivity contribution in [1.29, 1.82) is 5.26 Å². The average Bonchev–Trinajstić information content (AvgIpc) is 2.16. The number of hydrogen-bond donors (Lipinski definition) is 1. The summed E-state index contributed by atoms with van der Waals surface area (Å²) in [4.78, 5) is 0. The summed E-state index contributed by atoms with van der Waals surface area (Å²) in [7, 11) is 0. The quantitative estimate of drug-likeness (QED) is 0.878. The fourth-order valence-corrected chi connectivity index (χ4v) is 1.52. The summed E-state index contributed by atoms with van der Waals surface area (Å²) >= 11 is 5.73. The zero-order valence-electron chi connectivity index (χ0n) is 9.35. The van der Waals surface area contributed by atoms with Gasteiger partial charge in [0.1, 0.15) is 5.82 Å². The minimum absolute atomic E-state index is 0.344. The molecule has 1 aromatic rings. The van der Waals surface area contributed by atoms with Crippen LogP contribution in [-0.4, -0.2) is 6.54 Å². The highest BCUT2D eigenvalue weighted by atomic mass is 35.5. The highest BCUT2D eigenvalue weighted by Crippen LogP contribution is 2.15. The summed E-state index contributed by atoms with van der Waals surface area (Å²) in [5.41, 5.74) is 0.357. The van der Waals surface area contributed by atoms with Gasteiger partial charge in [0.2, 0.25) is 0 Å². The lowest BCUT2D eigenvalue weighted by atomic mass is 9.96. The molecule has 0 aromatic heterocycles. The van der Waals surface area contributed by atoms with Gasteiger partial charge in [-0.3, -0.25) is 0 Å². The lowest BCUT2D eigenvalue weighted by Gasteiger charge is -2.15. The molecule has 4 heteroatoms. The fraction of sp³-hybridized carbons (Fsp3) is 0.417. The van der Waals surface area contributed by atoms with Gasteiger partial charge < -0.3 is 5.32 Å². The first-order valence-electron chi connectivity index (χ1n) is 5.00. The smallest absolute Gasteiger partial charge is 0.125 e. The molecule has 1 N–H and O–H groups in total. The van der Waals surface area contributed by atoms with Crippen LogP contribution in [0.1, 0.15) is 19.4 Å². The van der Waals surface area contributed by atoms with Crippen molar-refractivity contribution in [3.8, 4) is 6.07 Å². The van der Waals surface area contributed by atoms with E-state index in [2.05, 4.69) is 11.4 Å². The van der Waals surface area contributed by atoms with Crippen molar-refractivity contribution >= 4 is 11.6 Å². The predicted molar refractivity (Wildman–Crippen MR) is 62.5 cm³/mol. The molecule has 86 valence electrons. The summed E-state index contributed by atoms with van der Waals surface area (Å²) < 4.78 is 13.0. The van der Waals surface area contributed by atoms with Crippen molar-refractivity contribution in [2.45, 2.75) is 20.4 Å². The third kappa shape index (κ3) is 4.18. The van der Waals surface area contributed by atoms with Gasteiger partial charge in [0.05, 0.1) is 11.5 Å². The molecule has 1 rings (SSSR count). The number of rotatable bonds is 4. The summed E-state index contributed by atoms with van der Waals surface area (Å²) in [6, 6.07) is 6.59. The second kappa shape index (κ2) is 5.29. The van der Waals surface area contributed by atoms with E-state index < -0.39 is 5.41 Å². The van der Waals surface area contributed by atoms with Crippen molar-refractivity contribution < 1.29 is 4.39 Å². The summed E-state index contributed by atoms with van der Waals surface area (Å²) in [5.74, 6) is -0.344. The van der Waals surface area contributed by atoms with Crippen LogP contribution >= 0.6 is 11.6 Å². The second-order valence-corrected chi connectivity index (χ2v) is 4.81. The van der Waals surface area contributed by atoms with Crippen LogP contribution in [0.15, 0.2) is 18.2 Å². The van der Waals surface area contributed by atoms with Crippen molar-refractivity contribution in [3.05, 3.63) is 34.6 Å². The molecule has 16 heavy (non-hydrogen) atoms. The molecule has 0 unspecified atom stereocenters. The van der Waals surface area contributed by atoms with Gasteiger partial charge in [0.15, 0.2) is 0 Å². The van der Waals surface area contributed by atoms with E-state index in [4.69, 9.17) is 16.9 Å². The third-order valence-corrected chi connectivity index (χ3v) is 2.34.